The zero-order valence-electron chi connectivity index (χ0n) is 6.03. The fourth-order valence-corrected chi connectivity index (χ4v) is 1.83. The quantitative estimate of drug-likeness (QED) is 0.565. The fraction of sp³-hybridized carbons (Fsp3) is 1.00. The van der Waals surface area contributed by atoms with Crippen molar-refractivity contribution in [3.05, 3.63) is 0 Å². The van der Waals surface area contributed by atoms with Crippen LogP contribution < -0.4 is 0 Å². The minimum absolute atomic E-state index is 0.222. The first kappa shape index (κ1) is 6.68. The molecule has 2 rings (SSSR count). The molecule has 3 heteroatoms. The maximum absolute atomic E-state index is 8.99. The highest BCUT2D eigenvalue weighted by atomic mass is 16.4. The lowest BCUT2D eigenvalue weighted by atomic mass is 9.67. The first-order valence-corrected chi connectivity index (χ1v) is 4.15. The summed E-state index contributed by atoms with van der Waals surface area (Å²) in [6.07, 6.45) is 4.88. The van der Waals surface area contributed by atoms with Crippen molar-refractivity contribution in [1.82, 2.24) is 0 Å². The first-order chi connectivity index (χ1) is 4.79. The van der Waals surface area contributed by atoms with Gasteiger partial charge in [-0.05, 0) is 17.7 Å². The Balaban J connectivity index is 1.92. The van der Waals surface area contributed by atoms with Gasteiger partial charge in [0, 0.05) is 0 Å². The van der Waals surface area contributed by atoms with Crippen LogP contribution in [0.15, 0.2) is 0 Å². The topological polar surface area (TPSA) is 40.5 Å². The van der Waals surface area contributed by atoms with Gasteiger partial charge >= 0.3 is 7.12 Å². The van der Waals surface area contributed by atoms with Crippen molar-refractivity contribution in [3.8, 4) is 0 Å². The van der Waals surface area contributed by atoms with Crippen molar-refractivity contribution in [1.29, 1.82) is 0 Å². The highest BCUT2D eigenvalue weighted by molar-refractivity contribution is 6.43. The molecule has 0 aromatic rings. The van der Waals surface area contributed by atoms with Crippen LogP contribution in [0, 0.1) is 11.8 Å². The summed E-state index contributed by atoms with van der Waals surface area (Å²) >= 11 is 0. The molecule has 2 nitrogen and oxygen atoms in total. The van der Waals surface area contributed by atoms with Crippen LogP contribution in [0.4, 0.5) is 0 Å². The Morgan fingerprint density at radius 3 is 1.60 bits per heavy atom. The summed E-state index contributed by atoms with van der Waals surface area (Å²) in [6, 6.07) is 0. The van der Waals surface area contributed by atoms with Crippen molar-refractivity contribution < 1.29 is 10.0 Å². The van der Waals surface area contributed by atoms with Gasteiger partial charge in [0.2, 0.25) is 0 Å². The van der Waals surface area contributed by atoms with Crippen LogP contribution in [-0.2, 0) is 0 Å². The molecule has 0 aromatic carbocycles. The molecule has 2 fully saturated rings. The zero-order valence-corrected chi connectivity index (χ0v) is 6.03. The third-order valence-corrected chi connectivity index (χ3v) is 2.68. The largest absolute Gasteiger partial charge is 0.455 e. The Labute approximate surface area is 61.4 Å². The van der Waals surface area contributed by atoms with Gasteiger partial charge in [0.05, 0.1) is 0 Å². The Bertz CT molecular complexity index is 115. The third kappa shape index (κ3) is 1.20. The average Bonchev–Trinajstić information content (AvgIpc) is 2.49. The van der Waals surface area contributed by atoms with E-state index in [9.17, 15) is 0 Å². The lowest BCUT2D eigenvalue weighted by Crippen LogP contribution is -2.23. The molecule has 0 atom stereocenters. The van der Waals surface area contributed by atoms with E-state index in [-0.39, 0.29) is 5.82 Å². The lowest BCUT2D eigenvalue weighted by Gasteiger charge is -2.12. The molecule has 56 valence electrons. The predicted octanol–water partition coefficient (Wildman–Crippen LogP) is 0.649. The monoisotopic (exact) mass is 140 g/mol. The number of hydrogen-bond donors (Lipinski definition) is 2. The first-order valence-electron chi connectivity index (χ1n) is 4.15. The van der Waals surface area contributed by atoms with E-state index in [1.807, 2.05) is 0 Å². The van der Waals surface area contributed by atoms with Crippen molar-refractivity contribution in [2.75, 3.05) is 0 Å². The average molecular weight is 140 g/mol. The summed E-state index contributed by atoms with van der Waals surface area (Å²) in [7, 11) is -1.04. The maximum atomic E-state index is 8.99. The third-order valence-electron chi connectivity index (χ3n) is 2.68. The SMILES string of the molecule is OB(O)C(C1CC1)C1CC1. The van der Waals surface area contributed by atoms with E-state index >= 15 is 0 Å². The second kappa shape index (κ2) is 2.24. The molecule has 0 saturated heterocycles. The minimum Gasteiger partial charge on any atom is -0.427 e. The molecule has 2 N–H and O–H groups in total. The highest BCUT2D eigenvalue weighted by Gasteiger charge is 2.47. The van der Waals surface area contributed by atoms with Crippen molar-refractivity contribution >= 4 is 7.12 Å². The fourth-order valence-electron chi connectivity index (χ4n) is 1.83. The van der Waals surface area contributed by atoms with E-state index in [2.05, 4.69) is 0 Å². The maximum Gasteiger partial charge on any atom is 0.455 e. The summed E-state index contributed by atoms with van der Waals surface area (Å²) in [5, 5.41) is 18.0. The molecule has 0 unspecified atom stereocenters. The predicted molar refractivity (Wildman–Crippen MR) is 39.4 cm³/mol. The van der Waals surface area contributed by atoms with E-state index in [0.717, 1.165) is 0 Å². The van der Waals surface area contributed by atoms with Crippen LogP contribution in [0.5, 0.6) is 0 Å². The molecule has 0 radical (unpaired) electrons. The second-order valence-electron chi connectivity index (χ2n) is 3.67. The van der Waals surface area contributed by atoms with E-state index < -0.39 is 7.12 Å². The highest BCUT2D eigenvalue weighted by Crippen LogP contribution is 2.53. The van der Waals surface area contributed by atoms with Gasteiger partial charge in [-0.1, -0.05) is 25.7 Å². The van der Waals surface area contributed by atoms with Gasteiger partial charge < -0.3 is 10.0 Å². The van der Waals surface area contributed by atoms with Crippen LogP contribution in [0.2, 0.25) is 5.82 Å². The molecule has 0 aromatic heterocycles. The molecular formula is C7H13BO2. The van der Waals surface area contributed by atoms with Crippen LogP contribution in [0.25, 0.3) is 0 Å². The van der Waals surface area contributed by atoms with Gasteiger partial charge in [-0.25, -0.2) is 0 Å². The van der Waals surface area contributed by atoms with Crippen molar-refractivity contribution in [2.45, 2.75) is 31.5 Å². The molecule has 2 saturated carbocycles. The van der Waals surface area contributed by atoms with E-state index in [1.54, 1.807) is 0 Å². The van der Waals surface area contributed by atoms with Gasteiger partial charge in [0.1, 0.15) is 0 Å². The standard InChI is InChI=1S/C7H13BO2/c9-8(10)7(5-1-2-5)6-3-4-6/h5-7,9-10H,1-4H2. The van der Waals surface area contributed by atoms with Crippen LogP contribution in [0.3, 0.4) is 0 Å². The Morgan fingerprint density at radius 1 is 1.00 bits per heavy atom. The molecule has 10 heavy (non-hydrogen) atoms. The Hall–Kier alpha value is -0.0151. The summed E-state index contributed by atoms with van der Waals surface area (Å²) in [5.41, 5.74) is 0. The summed E-state index contributed by atoms with van der Waals surface area (Å²) < 4.78 is 0. The van der Waals surface area contributed by atoms with Gasteiger partial charge in [-0.15, -0.1) is 0 Å². The van der Waals surface area contributed by atoms with Crippen LogP contribution >= 0.6 is 0 Å². The second-order valence-corrected chi connectivity index (χ2v) is 3.67. The van der Waals surface area contributed by atoms with Crippen molar-refractivity contribution in [2.24, 2.45) is 11.8 Å². The van der Waals surface area contributed by atoms with E-state index in [0.29, 0.717) is 11.8 Å². The Kier molecular flexibility index (Phi) is 1.50. The number of rotatable bonds is 3. The molecule has 0 spiro atoms. The Morgan fingerprint density at radius 2 is 1.40 bits per heavy atom. The van der Waals surface area contributed by atoms with Crippen LogP contribution in [0.1, 0.15) is 25.7 Å². The van der Waals surface area contributed by atoms with E-state index in [4.69, 9.17) is 10.0 Å². The lowest BCUT2D eigenvalue weighted by molar-refractivity contribution is 0.363. The summed E-state index contributed by atoms with van der Waals surface area (Å²) in [4.78, 5) is 0. The van der Waals surface area contributed by atoms with Gasteiger partial charge in [-0.2, -0.15) is 0 Å². The van der Waals surface area contributed by atoms with Gasteiger partial charge in [0.15, 0.2) is 0 Å². The van der Waals surface area contributed by atoms with Gasteiger partial charge in [0.25, 0.3) is 0 Å². The minimum atomic E-state index is -1.04. The van der Waals surface area contributed by atoms with Gasteiger partial charge in [-0.3, -0.25) is 0 Å². The molecule has 0 heterocycles. The molecule has 0 amide bonds. The number of hydrogen-bond acceptors (Lipinski definition) is 2. The molecule has 0 bridgehead atoms. The van der Waals surface area contributed by atoms with Crippen LogP contribution in [-0.4, -0.2) is 17.2 Å². The zero-order chi connectivity index (χ0) is 7.14. The summed E-state index contributed by atoms with van der Waals surface area (Å²) in [6.45, 7) is 0. The van der Waals surface area contributed by atoms with Crippen molar-refractivity contribution in [3.63, 3.8) is 0 Å². The normalized spacial score (nSPS) is 25.5. The molecule has 2 aliphatic carbocycles. The molecule has 2 aliphatic rings. The summed E-state index contributed by atoms with van der Waals surface area (Å²) in [5.74, 6) is 1.51. The smallest absolute Gasteiger partial charge is 0.427 e. The molecule has 0 aliphatic heterocycles. The molecular weight excluding hydrogens is 127 g/mol. The van der Waals surface area contributed by atoms with E-state index in [1.165, 1.54) is 25.7 Å².